The number of carboxylic acid groups (broad SMARTS) is 1. The molecule has 8 heteroatoms. The standard InChI is InChI=1S/C20H18N2O6/c1-11-8-13(10-17-18(23)22-20(26)28-17)4-7-16(11)27-14-5-2-12(3-6-14)9-15(21)19(24)25/h2-8,10,15H,9,21H2,1H3,(H,24,25)(H,22,23,26). The van der Waals surface area contributed by atoms with Gasteiger partial charge in [0.05, 0.1) is 0 Å². The largest absolute Gasteiger partial charge is 0.480 e. The number of amides is 2. The number of cyclic esters (lactones) is 1. The van der Waals surface area contributed by atoms with E-state index in [0.717, 1.165) is 11.1 Å². The van der Waals surface area contributed by atoms with Gasteiger partial charge < -0.3 is 20.3 Å². The predicted molar refractivity (Wildman–Crippen MR) is 99.6 cm³/mol. The van der Waals surface area contributed by atoms with Gasteiger partial charge in [0.2, 0.25) is 0 Å². The van der Waals surface area contributed by atoms with Crippen molar-refractivity contribution in [1.82, 2.24) is 5.32 Å². The van der Waals surface area contributed by atoms with Crippen LogP contribution in [0.2, 0.25) is 0 Å². The highest BCUT2D eigenvalue weighted by atomic mass is 16.6. The molecule has 1 unspecified atom stereocenters. The van der Waals surface area contributed by atoms with E-state index in [2.05, 4.69) is 0 Å². The SMILES string of the molecule is Cc1cc(C=C2OC(=O)NC2=O)ccc1Oc1ccc(CC(N)C(=O)O)cc1. The van der Waals surface area contributed by atoms with Gasteiger partial charge >= 0.3 is 12.1 Å². The van der Waals surface area contributed by atoms with Gasteiger partial charge in [-0.05, 0) is 60.4 Å². The molecule has 0 bridgehead atoms. The summed E-state index contributed by atoms with van der Waals surface area (Å²) in [5.74, 6) is -0.481. The minimum Gasteiger partial charge on any atom is -0.480 e. The van der Waals surface area contributed by atoms with Crippen molar-refractivity contribution in [1.29, 1.82) is 0 Å². The molecule has 0 saturated carbocycles. The second kappa shape index (κ2) is 7.93. The maximum absolute atomic E-state index is 11.5. The molecule has 0 spiro atoms. The van der Waals surface area contributed by atoms with Crippen molar-refractivity contribution in [3.8, 4) is 11.5 Å². The number of alkyl carbamates (subject to hydrolysis) is 1. The monoisotopic (exact) mass is 382 g/mol. The second-order valence-electron chi connectivity index (χ2n) is 6.27. The zero-order chi connectivity index (χ0) is 20.3. The summed E-state index contributed by atoms with van der Waals surface area (Å²) in [6.45, 7) is 1.85. The van der Waals surface area contributed by atoms with Crippen LogP contribution in [0.25, 0.3) is 6.08 Å². The molecule has 1 saturated heterocycles. The fraction of sp³-hybridized carbons (Fsp3) is 0.150. The lowest BCUT2D eigenvalue weighted by Gasteiger charge is -2.11. The third kappa shape index (κ3) is 4.54. The first kappa shape index (κ1) is 19.1. The Balaban J connectivity index is 1.70. The third-order valence-corrected chi connectivity index (χ3v) is 4.06. The summed E-state index contributed by atoms with van der Waals surface area (Å²) < 4.78 is 10.6. The molecule has 3 rings (SSSR count). The molecule has 1 heterocycles. The van der Waals surface area contributed by atoms with E-state index in [1.165, 1.54) is 6.08 Å². The van der Waals surface area contributed by atoms with Crippen LogP contribution in [0.15, 0.2) is 48.2 Å². The molecule has 28 heavy (non-hydrogen) atoms. The zero-order valence-electron chi connectivity index (χ0n) is 15.0. The highest BCUT2D eigenvalue weighted by Crippen LogP contribution is 2.27. The minimum atomic E-state index is -1.05. The van der Waals surface area contributed by atoms with Crippen molar-refractivity contribution in [3.63, 3.8) is 0 Å². The van der Waals surface area contributed by atoms with E-state index < -0.39 is 24.0 Å². The molecule has 1 aliphatic heterocycles. The number of carbonyl (C=O) groups is 3. The Kier molecular flexibility index (Phi) is 5.42. The molecule has 2 aromatic carbocycles. The second-order valence-corrected chi connectivity index (χ2v) is 6.27. The first-order valence-electron chi connectivity index (χ1n) is 8.42. The number of hydrogen-bond acceptors (Lipinski definition) is 6. The van der Waals surface area contributed by atoms with Crippen LogP contribution >= 0.6 is 0 Å². The Hall–Kier alpha value is -3.65. The normalized spacial score (nSPS) is 15.9. The fourth-order valence-electron chi connectivity index (χ4n) is 2.61. The van der Waals surface area contributed by atoms with Gasteiger partial charge in [0.1, 0.15) is 17.5 Å². The Morgan fingerprint density at radius 3 is 2.54 bits per heavy atom. The lowest BCUT2D eigenvalue weighted by atomic mass is 10.1. The van der Waals surface area contributed by atoms with E-state index in [1.807, 2.05) is 12.2 Å². The van der Waals surface area contributed by atoms with E-state index in [1.54, 1.807) is 42.5 Å². The van der Waals surface area contributed by atoms with Crippen molar-refractivity contribution in [2.75, 3.05) is 0 Å². The molecule has 144 valence electrons. The lowest BCUT2D eigenvalue weighted by Crippen LogP contribution is -2.32. The summed E-state index contributed by atoms with van der Waals surface area (Å²) in [6.07, 6.45) is 0.911. The van der Waals surface area contributed by atoms with Crippen molar-refractivity contribution in [3.05, 3.63) is 64.9 Å². The molecule has 0 radical (unpaired) electrons. The molecule has 4 N–H and O–H groups in total. The van der Waals surface area contributed by atoms with Crippen LogP contribution in [0.3, 0.4) is 0 Å². The van der Waals surface area contributed by atoms with Gasteiger partial charge in [-0.15, -0.1) is 0 Å². The number of nitrogens with two attached hydrogens (primary N) is 1. The average molecular weight is 382 g/mol. The number of ether oxygens (including phenoxy) is 2. The zero-order valence-corrected chi connectivity index (χ0v) is 15.0. The van der Waals surface area contributed by atoms with Gasteiger partial charge in [-0.25, -0.2) is 4.79 Å². The van der Waals surface area contributed by atoms with E-state index in [9.17, 15) is 14.4 Å². The first-order chi connectivity index (χ1) is 13.3. The number of carboxylic acids is 1. The molecule has 1 atom stereocenters. The number of aryl methyl sites for hydroxylation is 1. The summed E-state index contributed by atoms with van der Waals surface area (Å²) in [5.41, 5.74) is 7.83. The van der Waals surface area contributed by atoms with Crippen LogP contribution < -0.4 is 15.8 Å². The molecular weight excluding hydrogens is 364 g/mol. The highest BCUT2D eigenvalue weighted by molar-refractivity contribution is 6.09. The number of carbonyl (C=O) groups excluding carboxylic acids is 2. The molecule has 1 fully saturated rings. The molecular formula is C20H18N2O6. The summed E-state index contributed by atoms with van der Waals surface area (Å²) in [7, 11) is 0. The third-order valence-electron chi connectivity index (χ3n) is 4.06. The maximum atomic E-state index is 11.5. The molecule has 0 aliphatic carbocycles. The first-order valence-corrected chi connectivity index (χ1v) is 8.42. The lowest BCUT2D eigenvalue weighted by molar-refractivity contribution is -0.138. The van der Waals surface area contributed by atoms with Crippen molar-refractivity contribution in [2.45, 2.75) is 19.4 Å². The topological polar surface area (TPSA) is 128 Å². The number of rotatable bonds is 6. The Labute approximate surface area is 160 Å². The summed E-state index contributed by atoms with van der Waals surface area (Å²) >= 11 is 0. The van der Waals surface area contributed by atoms with Gasteiger partial charge in [0.15, 0.2) is 5.76 Å². The minimum absolute atomic E-state index is 0.0618. The fourth-order valence-corrected chi connectivity index (χ4v) is 2.61. The number of imide groups is 1. The van der Waals surface area contributed by atoms with E-state index >= 15 is 0 Å². The van der Waals surface area contributed by atoms with Crippen LogP contribution in [0.4, 0.5) is 4.79 Å². The summed E-state index contributed by atoms with van der Waals surface area (Å²) in [5, 5.41) is 10.9. The van der Waals surface area contributed by atoms with Gasteiger partial charge in [-0.1, -0.05) is 18.2 Å². The van der Waals surface area contributed by atoms with E-state index in [0.29, 0.717) is 17.1 Å². The number of hydrogen-bond donors (Lipinski definition) is 3. The molecule has 8 nitrogen and oxygen atoms in total. The molecule has 2 aromatic rings. The van der Waals surface area contributed by atoms with Crippen LogP contribution in [0, 0.1) is 6.92 Å². The van der Waals surface area contributed by atoms with Crippen molar-refractivity contribution >= 4 is 24.0 Å². The maximum Gasteiger partial charge on any atom is 0.419 e. The van der Waals surface area contributed by atoms with Crippen LogP contribution in [-0.2, 0) is 20.7 Å². The summed E-state index contributed by atoms with van der Waals surface area (Å²) in [4.78, 5) is 33.4. The quantitative estimate of drug-likeness (QED) is 0.654. The molecule has 1 aliphatic rings. The number of benzene rings is 2. The Morgan fingerprint density at radius 2 is 1.96 bits per heavy atom. The molecule has 0 aromatic heterocycles. The van der Waals surface area contributed by atoms with Crippen LogP contribution in [0.5, 0.6) is 11.5 Å². The van der Waals surface area contributed by atoms with Gasteiger partial charge in [-0.2, -0.15) is 0 Å². The van der Waals surface area contributed by atoms with Crippen molar-refractivity contribution < 1.29 is 29.0 Å². The predicted octanol–water partition coefficient (Wildman–Crippen LogP) is 2.35. The average Bonchev–Trinajstić information content (AvgIpc) is 2.96. The van der Waals surface area contributed by atoms with Crippen LogP contribution in [-0.4, -0.2) is 29.1 Å². The van der Waals surface area contributed by atoms with Gasteiger partial charge in [-0.3, -0.25) is 14.9 Å². The van der Waals surface area contributed by atoms with E-state index in [-0.39, 0.29) is 12.2 Å². The Morgan fingerprint density at radius 1 is 1.25 bits per heavy atom. The number of aliphatic carboxylic acids is 1. The van der Waals surface area contributed by atoms with Gasteiger partial charge in [0.25, 0.3) is 5.91 Å². The highest BCUT2D eigenvalue weighted by Gasteiger charge is 2.25. The molecule has 2 amide bonds. The van der Waals surface area contributed by atoms with Crippen LogP contribution in [0.1, 0.15) is 16.7 Å². The smallest absolute Gasteiger partial charge is 0.419 e. The van der Waals surface area contributed by atoms with Gasteiger partial charge in [0, 0.05) is 0 Å². The van der Waals surface area contributed by atoms with E-state index in [4.69, 9.17) is 20.3 Å². The Bertz CT molecular complexity index is 965. The summed E-state index contributed by atoms with van der Waals surface area (Å²) in [6, 6.07) is 11.3. The number of nitrogens with one attached hydrogen (secondary N) is 1. The van der Waals surface area contributed by atoms with Crippen molar-refractivity contribution in [2.24, 2.45) is 5.73 Å².